The number of hydrogen-bond acceptors (Lipinski definition) is 4. The number of rotatable bonds is 8. The van der Waals surface area contributed by atoms with E-state index in [0.29, 0.717) is 17.8 Å². The van der Waals surface area contributed by atoms with Gasteiger partial charge in [0.1, 0.15) is 5.84 Å². The van der Waals surface area contributed by atoms with Crippen LogP contribution < -0.4 is 5.73 Å². The van der Waals surface area contributed by atoms with E-state index in [4.69, 9.17) is 10.8 Å². The minimum absolute atomic E-state index is 0.0194. The standard InChI is InChI=1S/C25H31N3O3/c1-3-11-28(12-4-2)25(31)21-14-20-10-9-19(15-22(20)27-23(26)16-21)18-7-5-17(6-8-18)13-24(29)30/h5-8,10,14-15,19H,3-4,9,11-13,16H2,1-2H3,(H2,26,27)(H,29,30). The summed E-state index contributed by atoms with van der Waals surface area (Å²) in [4.78, 5) is 30.5. The zero-order chi connectivity index (χ0) is 22.4. The van der Waals surface area contributed by atoms with E-state index in [2.05, 4.69) is 31.0 Å². The summed E-state index contributed by atoms with van der Waals surface area (Å²) in [6.45, 7) is 5.63. The molecule has 0 fully saturated rings. The number of carbonyl (C=O) groups is 2. The Labute approximate surface area is 183 Å². The molecule has 1 amide bonds. The minimum atomic E-state index is -0.836. The van der Waals surface area contributed by atoms with E-state index in [1.165, 1.54) is 0 Å². The van der Waals surface area contributed by atoms with Crippen LogP contribution in [0.25, 0.3) is 0 Å². The van der Waals surface area contributed by atoms with E-state index in [1.54, 1.807) is 0 Å². The fourth-order valence-corrected chi connectivity index (χ4v) is 4.06. The normalized spacial score (nSPS) is 18.1. The van der Waals surface area contributed by atoms with Gasteiger partial charge in [-0.1, -0.05) is 50.3 Å². The summed E-state index contributed by atoms with van der Waals surface area (Å²) in [5.74, 6) is -0.215. The first-order valence-electron chi connectivity index (χ1n) is 11.0. The van der Waals surface area contributed by atoms with Gasteiger partial charge in [-0.2, -0.15) is 0 Å². The third kappa shape index (κ3) is 5.72. The monoisotopic (exact) mass is 421 g/mol. The number of hydrogen-bond donors (Lipinski definition) is 2. The first-order chi connectivity index (χ1) is 14.9. The average Bonchev–Trinajstić information content (AvgIpc) is 2.90. The number of amidine groups is 1. The van der Waals surface area contributed by atoms with Gasteiger partial charge in [0.15, 0.2) is 0 Å². The Morgan fingerprint density at radius 3 is 2.45 bits per heavy atom. The summed E-state index contributed by atoms with van der Waals surface area (Å²) in [5, 5.41) is 8.94. The Balaban J connectivity index is 1.82. The van der Waals surface area contributed by atoms with Crippen molar-refractivity contribution in [3.8, 4) is 0 Å². The smallest absolute Gasteiger partial charge is 0.307 e. The highest BCUT2D eigenvalue weighted by Crippen LogP contribution is 2.34. The molecule has 3 N–H and O–H groups in total. The Morgan fingerprint density at radius 2 is 1.84 bits per heavy atom. The molecule has 0 aromatic heterocycles. The predicted molar refractivity (Wildman–Crippen MR) is 123 cm³/mol. The summed E-state index contributed by atoms with van der Waals surface area (Å²) in [7, 11) is 0. The maximum atomic E-state index is 13.1. The Bertz CT molecular complexity index is 949. The van der Waals surface area contributed by atoms with Crippen LogP contribution in [0.1, 0.15) is 56.6 Å². The van der Waals surface area contributed by atoms with Crippen LogP contribution >= 0.6 is 0 Å². The number of carbonyl (C=O) groups excluding carboxylic acids is 1. The second kappa shape index (κ2) is 10.2. The number of fused-ring (bicyclic) bond motifs is 1. The number of allylic oxidation sites excluding steroid dienone is 3. The fourth-order valence-electron chi connectivity index (χ4n) is 4.06. The highest BCUT2D eigenvalue weighted by molar-refractivity contribution is 6.01. The summed E-state index contributed by atoms with van der Waals surface area (Å²) < 4.78 is 0. The van der Waals surface area contributed by atoms with E-state index < -0.39 is 5.97 Å². The maximum absolute atomic E-state index is 13.1. The highest BCUT2D eigenvalue weighted by Gasteiger charge is 2.24. The van der Waals surface area contributed by atoms with E-state index in [0.717, 1.165) is 54.7 Å². The molecule has 2 aliphatic rings. The molecule has 0 spiro atoms. The van der Waals surface area contributed by atoms with Gasteiger partial charge in [0.25, 0.3) is 0 Å². The molecule has 6 heteroatoms. The van der Waals surface area contributed by atoms with Crippen LogP contribution in [-0.2, 0) is 16.0 Å². The third-order valence-corrected chi connectivity index (χ3v) is 5.52. The quantitative estimate of drug-likeness (QED) is 0.664. The lowest BCUT2D eigenvalue weighted by molar-refractivity contribution is -0.136. The zero-order valence-electron chi connectivity index (χ0n) is 18.3. The average molecular weight is 422 g/mol. The van der Waals surface area contributed by atoms with Crippen molar-refractivity contribution in [3.63, 3.8) is 0 Å². The lowest BCUT2D eigenvalue weighted by Crippen LogP contribution is -2.34. The molecule has 0 bridgehead atoms. The molecule has 1 aliphatic heterocycles. The SMILES string of the molecule is CCCN(CCC)C(=O)C1=CC2=CCC(c3ccc(CC(=O)O)cc3)C=C2N=C(N)C1. The van der Waals surface area contributed by atoms with Crippen LogP contribution in [0.2, 0.25) is 0 Å². The van der Waals surface area contributed by atoms with E-state index >= 15 is 0 Å². The Morgan fingerprint density at radius 1 is 1.16 bits per heavy atom. The minimum Gasteiger partial charge on any atom is -0.481 e. The van der Waals surface area contributed by atoms with Crippen LogP contribution in [0.3, 0.4) is 0 Å². The first-order valence-corrected chi connectivity index (χ1v) is 11.0. The van der Waals surface area contributed by atoms with Crippen molar-refractivity contribution in [2.45, 2.75) is 51.9 Å². The molecule has 1 heterocycles. The lowest BCUT2D eigenvalue weighted by Gasteiger charge is -2.23. The van der Waals surface area contributed by atoms with Crippen LogP contribution in [0.5, 0.6) is 0 Å². The summed E-state index contributed by atoms with van der Waals surface area (Å²) in [6.07, 6.45) is 9.16. The fraction of sp³-hybridized carbons (Fsp3) is 0.400. The number of nitrogens with zero attached hydrogens (tertiary/aromatic N) is 2. The van der Waals surface area contributed by atoms with Crippen molar-refractivity contribution in [3.05, 3.63) is 70.5 Å². The zero-order valence-corrected chi connectivity index (χ0v) is 18.3. The van der Waals surface area contributed by atoms with Crippen LogP contribution in [0.4, 0.5) is 0 Å². The maximum Gasteiger partial charge on any atom is 0.307 e. The Hall–Kier alpha value is -3.15. The van der Waals surface area contributed by atoms with Gasteiger partial charge in [0, 0.05) is 31.0 Å². The summed E-state index contributed by atoms with van der Waals surface area (Å²) >= 11 is 0. The largest absolute Gasteiger partial charge is 0.481 e. The lowest BCUT2D eigenvalue weighted by atomic mass is 9.87. The van der Waals surface area contributed by atoms with Crippen molar-refractivity contribution in [1.29, 1.82) is 0 Å². The van der Waals surface area contributed by atoms with Crippen LogP contribution in [0, 0.1) is 0 Å². The van der Waals surface area contributed by atoms with Gasteiger partial charge in [-0.25, -0.2) is 4.99 Å². The molecule has 0 saturated heterocycles. The molecule has 164 valence electrons. The topological polar surface area (TPSA) is 96.0 Å². The van der Waals surface area contributed by atoms with Gasteiger partial charge in [-0.3, -0.25) is 9.59 Å². The van der Waals surface area contributed by atoms with Gasteiger partial charge in [0.2, 0.25) is 5.91 Å². The number of nitrogens with two attached hydrogens (primary N) is 1. The van der Waals surface area contributed by atoms with E-state index in [1.807, 2.05) is 35.2 Å². The summed E-state index contributed by atoms with van der Waals surface area (Å²) in [5.41, 5.74) is 10.5. The Kier molecular flexibility index (Phi) is 7.45. The predicted octanol–water partition coefficient (Wildman–Crippen LogP) is 3.95. The number of carboxylic acids is 1. The molecule has 0 saturated carbocycles. The number of carboxylic acid groups (broad SMARTS) is 1. The molecule has 6 nitrogen and oxygen atoms in total. The van der Waals surface area contributed by atoms with Crippen molar-refractivity contribution in [1.82, 2.24) is 4.90 Å². The number of aliphatic imine (C=N–C) groups is 1. The molecular formula is C25H31N3O3. The van der Waals surface area contributed by atoms with Gasteiger partial charge < -0.3 is 15.7 Å². The molecule has 1 atom stereocenters. The number of amides is 1. The molecule has 3 rings (SSSR count). The van der Waals surface area contributed by atoms with Crippen molar-refractivity contribution in [2.75, 3.05) is 13.1 Å². The first kappa shape index (κ1) is 22.5. The molecule has 1 unspecified atom stereocenters. The molecule has 0 radical (unpaired) electrons. The van der Waals surface area contributed by atoms with Crippen molar-refractivity contribution in [2.24, 2.45) is 10.7 Å². The number of benzene rings is 1. The van der Waals surface area contributed by atoms with Crippen molar-refractivity contribution >= 4 is 17.7 Å². The van der Waals surface area contributed by atoms with Gasteiger partial charge in [0.05, 0.1) is 12.1 Å². The van der Waals surface area contributed by atoms with Crippen molar-refractivity contribution < 1.29 is 14.7 Å². The third-order valence-electron chi connectivity index (χ3n) is 5.52. The second-order valence-electron chi connectivity index (χ2n) is 8.11. The highest BCUT2D eigenvalue weighted by atomic mass is 16.4. The van der Waals surface area contributed by atoms with Gasteiger partial charge >= 0.3 is 5.97 Å². The van der Waals surface area contributed by atoms with E-state index in [-0.39, 0.29) is 18.2 Å². The molecular weight excluding hydrogens is 390 g/mol. The molecule has 31 heavy (non-hydrogen) atoms. The van der Waals surface area contributed by atoms with E-state index in [9.17, 15) is 9.59 Å². The summed E-state index contributed by atoms with van der Waals surface area (Å²) in [6, 6.07) is 7.67. The second-order valence-corrected chi connectivity index (χ2v) is 8.11. The molecule has 1 aromatic carbocycles. The van der Waals surface area contributed by atoms with Crippen LogP contribution in [0.15, 0.2) is 64.3 Å². The molecule has 1 aromatic rings. The van der Waals surface area contributed by atoms with Gasteiger partial charge in [-0.15, -0.1) is 0 Å². The number of aliphatic carboxylic acids is 1. The van der Waals surface area contributed by atoms with Gasteiger partial charge in [-0.05, 0) is 42.0 Å². The van der Waals surface area contributed by atoms with Crippen LogP contribution in [-0.4, -0.2) is 40.8 Å². The molecule has 1 aliphatic carbocycles.